The van der Waals surface area contributed by atoms with Crippen LogP contribution in [0.2, 0.25) is 0 Å². The second-order valence-corrected chi connectivity index (χ2v) is 6.85. The number of Topliss-reactive ketones (excluding diaryl/α,β-unsaturated/α-hetero) is 1. The third kappa shape index (κ3) is 3.40. The fourth-order valence-corrected chi connectivity index (χ4v) is 3.57. The van der Waals surface area contributed by atoms with Crippen molar-refractivity contribution in [2.24, 2.45) is 0 Å². The lowest BCUT2D eigenvalue weighted by atomic mass is 9.87. The molecule has 0 aromatic heterocycles. The number of thiocarbonyl (C=S) groups is 1. The standard InChI is InChI=1S/C23H18N2O2S/c26-18-14-8-7-13-17(18)21-19(22(27)16-11-5-2-6-12-16)20(24-23(28)25-21)15-9-3-1-4-10-15/h1-14,21,26H,(H2,24,25,28). The average molecular weight is 386 g/mol. The molecule has 28 heavy (non-hydrogen) atoms. The van der Waals surface area contributed by atoms with Gasteiger partial charge in [-0.25, -0.2) is 0 Å². The maximum atomic E-state index is 13.5. The van der Waals surface area contributed by atoms with Gasteiger partial charge in [0.25, 0.3) is 0 Å². The lowest BCUT2D eigenvalue weighted by Crippen LogP contribution is -2.44. The van der Waals surface area contributed by atoms with E-state index in [1.54, 1.807) is 30.3 Å². The number of carbonyl (C=O) groups is 1. The third-order valence-electron chi connectivity index (χ3n) is 4.66. The van der Waals surface area contributed by atoms with Gasteiger partial charge in [-0.15, -0.1) is 0 Å². The normalized spacial score (nSPS) is 16.3. The van der Waals surface area contributed by atoms with Crippen LogP contribution in [0.25, 0.3) is 5.70 Å². The zero-order valence-electron chi connectivity index (χ0n) is 14.9. The molecule has 1 aliphatic rings. The quantitative estimate of drug-likeness (QED) is 0.463. The molecule has 1 atom stereocenters. The summed E-state index contributed by atoms with van der Waals surface area (Å²) in [5.41, 5.74) is 3.17. The molecule has 0 bridgehead atoms. The van der Waals surface area contributed by atoms with Gasteiger partial charge in [0.1, 0.15) is 5.75 Å². The first kappa shape index (κ1) is 17.9. The van der Waals surface area contributed by atoms with Crippen molar-refractivity contribution in [1.82, 2.24) is 10.6 Å². The molecule has 4 rings (SSSR count). The van der Waals surface area contributed by atoms with Crippen molar-refractivity contribution in [2.75, 3.05) is 0 Å². The van der Waals surface area contributed by atoms with Crippen molar-refractivity contribution in [3.63, 3.8) is 0 Å². The molecule has 3 N–H and O–H groups in total. The Balaban J connectivity index is 1.95. The number of phenolic OH excluding ortho intramolecular Hbond substituents is 1. The fraction of sp³-hybridized carbons (Fsp3) is 0.0435. The smallest absolute Gasteiger partial charge is 0.193 e. The number of para-hydroxylation sites is 1. The van der Waals surface area contributed by atoms with Crippen LogP contribution in [0.5, 0.6) is 5.75 Å². The van der Waals surface area contributed by atoms with Crippen molar-refractivity contribution in [3.05, 3.63) is 107 Å². The topological polar surface area (TPSA) is 61.4 Å². The summed E-state index contributed by atoms with van der Waals surface area (Å²) in [7, 11) is 0. The van der Waals surface area contributed by atoms with E-state index in [4.69, 9.17) is 12.2 Å². The lowest BCUT2D eigenvalue weighted by Gasteiger charge is -2.32. The van der Waals surface area contributed by atoms with Crippen LogP contribution in [0.3, 0.4) is 0 Å². The van der Waals surface area contributed by atoms with Crippen LogP contribution >= 0.6 is 12.2 Å². The summed E-state index contributed by atoms with van der Waals surface area (Å²) in [5.74, 6) is -0.0225. The number of carbonyl (C=O) groups excluding carboxylic acids is 1. The Morgan fingerprint density at radius 2 is 1.46 bits per heavy atom. The molecule has 0 amide bonds. The third-order valence-corrected chi connectivity index (χ3v) is 4.88. The SMILES string of the molecule is O=C(C1=C(c2ccccc2)NC(=S)NC1c1ccccc1O)c1ccccc1. The molecule has 0 saturated carbocycles. The van der Waals surface area contributed by atoms with Crippen molar-refractivity contribution >= 4 is 28.8 Å². The molecule has 0 radical (unpaired) electrons. The molecule has 1 aliphatic heterocycles. The van der Waals surface area contributed by atoms with Gasteiger partial charge < -0.3 is 15.7 Å². The molecule has 0 fully saturated rings. The molecule has 0 spiro atoms. The highest BCUT2D eigenvalue weighted by Gasteiger charge is 2.33. The zero-order chi connectivity index (χ0) is 19.5. The van der Waals surface area contributed by atoms with E-state index in [-0.39, 0.29) is 11.5 Å². The van der Waals surface area contributed by atoms with E-state index in [9.17, 15) is 9.90 Å². The Morgan fingerprint density at radius 3 is 2.14 bits per heavy atom. The van der Waals surface area contributed by atoms with Crippen molar-refractivity contribution < 1.29 is 9.90 Å². The van der Waals surface area contributed by atoms with Gasteiger partial charge in [-0.1, -0.05) is 78.9 Å². The van der Waals surface area contributed by atoms with E-state index in [1.807, 2.05) is 54.6 Å². The number of hydrogen-bond donors (Lipinski definition) is 3. The van der Waals surface area contributed by atoms with Crippen LogP contribution in [-0.2, 0) is 0 Å². The van der Waals surface area contributed by atoms with Crippen LogP contribution < -0.4 is 10.6 Å². The van der Waals surface area contributed by atoms with Crippen molar-refractivity contribution in [3.8, 4) is 5.75 Å². The predicted molar refractivity (Wildman–Crippen MR) is 114 cm³/mol. The predicted octanol–water partition coefficient (Wildman–Crippen LogP) is 4.21. The van der Waals surface area contributed by atoms with E-state index in [1.165, 1.54) is 0 Å². The number of benzene rings is 3. The summed E-state index contributed by atoms with van der Waals surface area (Å²) < 4.78 is 0. The maximum Gasteiger partial charge on any atom is 0.193 e. The van der Waals surface area contributed by atoms with Gasteiger partial charge >= 0.3 is 0 Å². The molecule has 5 heteroatoms. The molecule has 1 unspecified atom stereocenters. The van der Waals surface area contributed by atoms with E-state index in [0.29, 0.717) is 27.5 Å². The molecular formula is C23H18N2O2S. The Hall–Kier alpha value is -3.44. The van der Waals surface area contributed by atoms with Crippen molar-refractivity contribution in [1.29, 1.82) is 0 Å². The highest BCUT2D eigenvalue weighted by Crippen LogP contribution is 2.36. The number of hydrogen-bond acceptors (Lipinski definition) is 3. The first-order valence-corrected chi connectivity index (χ1v) is 9.30. The Bertz CT molecular complexity index is 1060. The van der Waals surface area contributed by atoms with Gasteiger partial charge in [-0.3, -0.25) is 4.79 Å². The zero-order valence-corrected chi connectivity index (χ0v) is 15.7. The number of nitrogens with one attached hydrogen (secondary N) is 2. The Morgan fingerprint density at radius 1 is 0.857 bits per heavy atom. The van der Waals surface area contributed by atoms with Gasteiger partial charge in [-0.2, -0.15) is 0 Å². The lowest BCUT2D eigenvalue weighted by molar-refractivity contribution is 0.102. The second-order valence-electron chi connectivity index (χ2n) is 6.44. The molecule has 4 nitrogen and oxygen atoms in total. The molecule has 138 valence electrons. The molecular weight excluding hydrogens is 368 g/mol. The van der Waals surface area contributed by atoms with Gasteiger partial charge in [-0.05, 0) is 23.8 Å². The summed E-state index contributed by atoms with van der Waals surface area (Å²) >= 11 is 5.41. The monoisotopic (exact) mass is 386 g/mol. The summed E-state index contributed by atoms with van der Waals surface area (Å²) in [6.45, 7) is 0. The van der Waals surface area contributed by atoms with Crippen LogP contribution in [0.1, 0.15) is 27.5 Å². The highest BCUT2D eigenvalue weighted by atomic mass is 32.1. The van der Waals surface area contributed by atoms with Crippen LogP contribution in [0, 0.1) is 0 Å². The first-order valence-electron chi connectivity index (χ1n) is 8.90. The fourth-order valence-electron chi connectivity index (χ4n) is 3.35. The molecule has 3 aromatic rings. The molecule has 1 heterocycles. The van der Waals surface area contributed by atoms with E-state index >= 15 is 0 Å². The van der Waals surface area contributed by atoms with Gasteiger partial charge in [0, 0.05) is 11.1 Å². The van der Waals surface area contributed by atoms with E-state index < -0.39 is 6.04 Å². The van der Waals surface area contributed by atoms with E-state index in [0.717, 1.165) is 5.56 Å². The van der Waals surface area contributed by atoms with Crippen LogP contribution in [0.4, 0.5) is 0 Å². The number of aromatic hydroxyl groups is 1. The molecule has 3 aromatic carbocycles. The first-order chi connectivity index (χ1) is 13.6. The summed E-state index contributed by atoms with van der Waals surface area (Å²) in [6.07, 6.45) is 0. The number of phenols is 1. The van der Waals surface area contributed by atoms with Gasteiger partial charge in [0.2, 0.25) is 0 Å². The van der Waals surface area contributed by atoms with E-state index in [2.05, 4.69) is 10.6 Å². The number of ketones is 1. The minimum absolute atomic E-state index is 0.107. The van der Waals surface area contributed by atoms with Crippen molar-refractivity contribution in [2.45, 2.75) is 6.04 Å². The summed E-state index contributed by atoms with van der Waals surface area (Å²) in [5, 5.41) is 17.1. The average Bonchev–Trinajstić information content (AvgIpc) is 2.74. The maximum absolute atomic E-state index is 13.5. The minimum atomic E-state index is -0.571. The van der Waals surface area contributed by atoms with Gasteiger partial charge in [0.05, 0.1) is 17.3 Å². The summed E-state index contributed by atoms with van der Waals surface area (Å²) in [6, 6.07) is 25.1. The van der Waals surface area contributed by atoms with Gasteiger partial charge in [0.15, 0.2) is 10.9 Å². The Kier molecular flexibility index (Phi) is 4.91. The Labute approximate surface area is 168 Å². The molecule has 0 saturated heterocycles. The highest BCUT2D eigenvalue weighted by molar-refractivity contribution is 7.80. The van der Waals surface area contributed by atoms with Crippen LogP contribution in [0.15, 0.2) is 90.5 Å². The second kappa shape index (κ2) is 7.66. The number of rotatable bonds is 4. The van der Waals surface area contributed by atoms with Crippen LogP contribution in [-0.4, -0.2) is 16.0 Å². The minimum Gasteiger partial charge on any atom is -0.508 e. The largest absolute Gasteiger partial charge is 0.508 e. The molecule has 0 aliphatic carbocycles. The summed E-state index contributed by atoms with van der Waals surface area (Å²) in [4.78, 5) is 13.5.